The Morgan fingerprint density at radius 1 is 0.800 bits per heavy atom. The molecule has 55 heavy (non-hydrogen) atoms. The number of nitrogens with one attached hydrogen (secondary N) is 1. The van der Waals surface area contributed by atoms with Gasteiger partial charge in [-0.3, -0.25) is 19.0 Å². The molecule has 10 nitrogen and oxygen atoms in total. The van der Waals surface area contributed by atoms with Gasteiger partial charge in [-0.15, -0.1) is 4.45 Å². The summed E-state index contributed by atoms with van der Waals surface area (Å²) >= 11 is 0. The van der Waals surface area contributed by atoms with E-state index in [-0.39, 0.29) is 63.4 Å². The standard InChI is InChI=1S/C37H34F7N4O6P/c38-31-13-11-28(12-14-31)33-34(51-17-15-27-19-29(36(39,40)41)21-30(20-27)37(42,43)44)52-18-16-47(33)22-32-45-35(49)48(46-32)55(50,53-23-25-7-3-1-4-8-25)54-24-26-9-5-2-6-10-26/h1-14,19-21,33-34H,15-18,22-24H2,(H,45,46,49)/t33-,34+/m0/s1. The number of halogens is 7. The number of hydrogen-bond donors (Lipinski definition) is 1. The topological polar surface area (TPSA) is 108 Å². The normalized spacial score (nSPS) is 17.1. The molecule has 5 aromatic rings. The van der Waals surface area contributed by atoms with Crippen LogP contribution in [0.2, 0.25) is 0 Å². The summed E-state index contributed by atoms with van der Waals surface area (Å²) in [5.41, 5.74) is -2.31. The van der Waals surface area contributed by atoms with Crippen LogP contribution in [0.5, 0.6) is 0 Å². The zero-order chi connectivity index (χ0) is 39.2. The highest BCUT2D eigenvalue weighted by Gasteiger charge is 2.39. The summed E-state index contributed by atoms with van der Waals surface area (Å²) in [6, 6.07) is 23.4. The van der Waals surface area contributed by atoms with Crippen molar-refractivity contribution in [2.45, 2.75) is 50.9 Å². The van der Waals surface area contributed by atoms with Gasteiger partial charge in [0.15, 0.2) is 6.29 Å². The molecule has 0 aliphatic carbocycles. The minimum atomic E-state index is -5.01. The Morgan fingerprint density at radius 3 is 1.91 bits per heavy atom. The smallest absolute Gasteiger partial charge is 0.350 e. The van der Waals surface area contributed by atoms with Gasteiger partial charge >= 0.3 is 25.8 Å². The molecular formula is C37H34F7N4O6P. The van der Waals surface area contributed by atoms with Crippen molar-refractivity contribution in [3.05, 3.63) is 159 Å². The number of aromatic nitrogens is 3. The van der Waals surface area contributed by atoms with Crippen molar-refractivity contribution >= 4 is 7.75 Å². The molecule has 0 amide bonds. The van der Waals surface area contributed by atoms with Crippen LogP contribution < -0.4 is 5.69 Å². The maximum absolute atomic E-state index is 14.3. The summed E-state index contributed by atoms with van der Waals surface area (Å²) in [4.78, 5) is 19.1. The molecule has 0 unspecified atom stereocenters. The van der Waals surface area contributed by atoms with Gasteiger partial charge < -0.3 is 9.47 Å². The van der Waals surface area contributed by atoms with Gasteiger partial charge in [-0.05, 0) is 59.0 Å². The highest BCUT2D eigenvalue weighted by molar-refractivity contribution is 7.51. The Hall–Kier alpha value is -4.64. The quantitative estimate of drug-likeness (QED) is 0.0885. The Morgan fingerprint density at radius 2 is 1.36 bits per heavy atom. The fourth-order valence-electron chi connectivity index (χ4n) is 5.89. The lowest BCUT2D eigenvalue weighted by molar-refractivity contribution is -0.212. The van der Waals surface area contributed by atoms with Crippen LogP contribution in [0.3, 0.4) is 0 Å². The van der Waals surface area contributed by atoms with Crippen LogP contribution in [-0.4, -0.2) is 45.5 Å². The predicted octanol–water partition coefficient (Wildman–Crippen LogP) is 8.30. The maximum Gasteiger partial charge on any atom is 0.458 e. The third kappa shape index (κ3) is 10.4. The van der Waals surface area contributed by atoms with Gasteiger partial charge in [-0.25, -0.2) is 13.8 Å². The Bertz CT molecular complexity index is 2050. The van der Waals surface area contributed by atoms with Gasteiger partial charge in [0.2, 0.25) is 0 Å². The first kappa shape index (κ1) is 40.0. The van der Waals surface area contributed by atoms with Crippen LogP contribution >= 0.6 is 7.75 Å². The molecule has 1 aliphatic heterocycles. The van der Waals surface area contributed by atoms with E-state index in [2.05, 4.69) is 10.1 Å². The summed E-state index contributed by atoms with van der Waals surface area (Å²) in [5.74, 6) is -0.507. The van der Waals surface area contributed by atoms with E-state index in [1.807, 2.05) is 0 Å². The number of rotatable bonds is 14. The molecule has 1 fully saturated rings. The summed E-state index contributed by atoms with van der Waals surface area (Å²) in [7, 11) is -4.40. The average molecular weight is 795 g/mol. The summed E-state index contributed by atoms with van der Waals surface area (Å²) in [5, 5.41) is 2.75. The van der Waals surface area contributed by atoms with E-state index in [1.165, 1.54) is 24.3 Å². The van der Waals surface area contributed by atoms with Crippen LogP contribution in [-0.2, 0) is 61.6 Å². The molecule has 0 radical (unpaired) electrons. The molecule has 4 aromatic carbocycles. The lowest BCUT2D eigenvalue weighted by atomic mass is 10.0. The number of alkyl halides is 6. The Balaban J connectivity index is 1.23. The second-order valence-corrected chi connectivity index (χ2v) is 14.3. The third-order valence-electron chi connectivity index (χ3n) is 8.56. The van der Waals surface area contributed by atoms with E-state index < -0.39 is 55.1 Å². The van der Waals surface area contributed by atoms with Gasteiger partial charge in [0.25, 0.3) is 0 Å². The molecule has 18 heteroatoms. The van der Waals surface area contributed by atoms with Crippen molar-refractivity contribution in [1.82, 2.24) is 19.4 Å². The molecule has 1 aliphatic rings. The molecule has 2 heterocycles. The molecule has 0 saturated carbocycles. The number of aromatic amines is 1. The number of ether oxygens (including phenoxy) is 2. The van der Waals surface area contributed by atoms with E-state index >= 15 is 0 Å². The van der Waals surface area contributed by atoms with Crippen molar-refractivity contribution in [2.24, 2.45) is 0 Å². The molecule has 0 bridgehead atoms. The molecule has 2 atom stereocenters. The van der Waals surface area contributed by atoms with Crippen molar-refractivity contribution in [3.8, 4) is 0 Å². The van der Waals surface area contributed by atoms with Crippen LogP contribution in [0.25, 0.3) is 0 Å². The fourth-order valence-corrected chi connectivity index (χ4v) is 7.31. The van der Waals surface area contributed by atoms with Crippen molar-refractivity contribution in [1.29, 1.82) is 0 Å². The number of benzene rings is 4. The minimum absolute atomic E-state index is 0.0354. The van der Waals surface area contributed by atoms with Crippen LogP contribution in [0, 0.1) is 5.82 Å². The van der Waals surface area contributed by atoms with Crippen LogP contribution in [0.4, 0.5) is 30.7 Å². The average Bonchev–Trinajstić information content (AvgIpc) is 3.54. The zero-order valence-electron chi connectivity index (χ0n) is 28.8. The molecular weight excluding hydrogens is 760 g/mol. The highest BCUT2D eigenvalue weighted by atomic mass is 31.2. The van der Waals surface area contributed by atoms with Crippen molar-refractivity contribution < 1.29 is 53.8 Å². The largest absolute Gasteiger partial charge is 0.458 e. The summed E-state index contributed by atoms with van der Waals surface area (Å²) < 4.78 is 133. The van der Waals surface area contributed by atoms with Crippen LogP contribution in [0.15, 0.2) is 108 Å². The Kier molecular flexibility index (Phi) is 12.4. The first-order valence-electron chi connectivity index (χ1n) is 16.8. The predicted molar refractivity (Wildman–Crippen MR) is 184 cm³/mol. The fraction of sp³-hybridized carbons (Fsp3) is 0.297. The maximum atomic E-state index is 14.3. The van der Waals surface area contributed by atoms with Crippen LogP contribution in [0.1, 0.15) is 45.2 Å². The van der Waals surface area contributed by atoms with Gasteiger partial charge in [-0.1, -0.05) is 72.8 Å². The number of nitrogens with zero attached hydrogens (tertiary/aromatic N) is 3. The van der Waals surface area contributed by atoms with Gasteiger partial charge in [-0.2, -0.15) is 31.3 Å². The van der Waals surface area contributed by atoms with Gasteiger partial charge in [0.1, 0.15) is 11.6 Å². The number of H-pyrrole nitrogens is 1. The van der Waals surface area contributed by atoms with E-state index in [9.17, 15) is 40.1 Å². The first-order valence-corrected chi connectivity index (χ1v) is 18.3. The van der Waals surface area contributed by atoms with Crippen molar-refractivity contribution in [3.63, 3.8) is 0 Å². The van der Waals surface area contributed by atoms with E-state index in [0.29, 0.717) is 33.3 Å². The second-order valence-electron chi connectivity index (χ2n) is 12.5. The molecule has 1 N–H and O–H groups in total. The summed E-state index contributed by atoms with van der Waals surface area (Å²) in [6.45, 7) is -0.518. The SMILES string of the molecule is O=c1nc(CN2CCO[C@@H](OCCc3cc(C(F)(F)F)cc(C(F)(F)F)c3)[C@@H]2c2ccc(F)cc2)[nH]n1P(=O)(OCc1ccccc1)OCc1ccccc1. The third-order valence-corrected chi connectivity index (χ3v) is 10.2. The van der Waals surface area contributed by atoms with Gasteiger partial charge in [0.05, 0.1) is 50.1 Å². The van der Waals surface area contributed by atoms with E-state index in [4.69, 9.17) is 18.5 Å². The zero-order valence-corrected chi connectivity index (χ0v) is 29.7. The lowest BCUT2D eigenvalue weighted by Gasteiger charge is -2.40. The monoisotopic (exact) mass is 794 g/mol. The number of morpholine rings is 1. The minimum Gasteiger partial charge on any atom is -0.350 e. The van der Waals surface area contributed by atoms with Crippen molar-refractivity contribution in [2.75, 3.05) is 19.8 Å². The molecule has 1 saturated heterocycles. The summed E-state index contributed by atoms with van der Waals surface area (Å²) in [6.07, 6.45) is -11.5. The van der Waals surface area contributed by atoms with E-state index in [0.717, 1.165) is 0 Å². The molecule has 292 valence electrons. The molecule has 0 spiro atoms. The Labute approximate surface area is 310 Å². The molecule has 6 rings (SSSR count). The second kappa shape index (κ2) is 17.0. The highest BCUT2D eigenvalue weighted by Crippen LogP contribution is 2.49. The van der Waals surface area contributed by atoms with Gasteiger partial charge in [0, 0.05) is 6.54 Å². The van der Waals surface area contributed by atoms with E-state index in [1.54, 1.807) is 65.6 Å². The first-order chi connectivity index (χ1) is 26.2. The molecule has 1 aromatic heterocycles. The lowest BCUT2D eigenvalue weighted by Crippen LogP contribution is -2.46. The number of hydrogen-bond acceptors (Lipinski definition) is 8.